The van der Waals surface area contributed by atoms with Crippen LogP contribution in [0.2, 0.25) is 0 Å². The van der Waals surface area contributed by atoms with E-state index in [1.165, 1.54) is 38.5 Å². The number of ether oxygens (including phenoxy) is 2. The molecule has 0 rings (SSSR count). The van der Waals surface area contributed by atoms with E-state index in [4.69, 9.17) is 19.1 Å². The fraction of sp³-hybridized carbons (Fsp3) is 0.609. The van der Waals surface area contributed by atoms with Gasteiger partial charge in [0.1, 0.15) is 12.7 Å². The molecular formula is C46H75O10P. The molecular weight excluding hydrogens is 743 g/mol. The summed E-state index contributed by atoms with van der Waals surface area (Å²) in [4.78, 5) is 34.9. The summed E-state index contributed by atoms with van der Waals surface area (Å²) in [6, 6.07) is 0. The van der Waals surface area contributed by atoms with Gasteiger partial charge in [0.05, 0.1) is 19.8 Å². The van der Waals surface area contributed by atoms with Crippen molar-refractivity contribution in [3.05, 3.63) is 97.2 Å². The second-order valence-corrected chi connectivity index (χ2v) is 15.1. The average molecular weight is 819 g/mol. The van der Waals surface area contributed by atoms with E-state index < -0.39 is 51.8 Å². The van der Waals surface area contributed by atoms with E-state index in [-0.39, 0.29) is 19.4 Å². The van der Waals surface area contributed by atoms with Gasteiger partial charge in [-0.3, -0.25) is 18.6 Å². The molecule has 3 atom stereocenters. The third-order valence-electron chi connectivity index (χ3n) is 8.24. The second-order valence-electron chi connectivity index (χ2n) is 13.6. The molecule has 57 heavy (non-hydrogen) atoms. The molecule has 0 bridgehead atoms. The smallest absolute Gasteiger partial charge is 0.462 e. The molecule has 11 heteroatoms. The molecule has 0 aliphatic rings. The van der Waals surface area contributed by atoms with Crippen LogP contribution < -0.4 is 0 Å². The average Bonchev–Trinajstić information content (AvgIpc) is 3.20. The summed E-state index contributed by atoms with van der Waals surface area (Å²) in [6.07, 6.45) is 49.7. The summed E-state index contributed by atoms with van der Waals surface area (Å²) < 4.78 is 32.5. The summed E-state index contributed by atoms with van der Waals surface area (Å²) >= 11 is 0. The van der Waals surface area contributed by atoms with Crippen molar-refractivity contribution < 1.29 is 47.8 Å². The van der Waals surface area contributed by atoms with Gasteiger partial charge in [0, 0.05) is 12.8 Å². The first-order valence-electron chi connectivity index (χ1n) is 21.2. The Bertz CT molecular complexity index is 1260. The predicted molar refractivity (Wildman–Crippen MR) is 232 cm³/mol. The highest BCUT2D eigenvalue weighted by Gasteiger charge is 2.27. The van der Waals surface area contributed by atoms with Gasteiger partial charge in [-0.15, -0.1) is 0 Å². The van der Waals surface area contributed by atoms with Crippen molar-refractivity contribution in [2.24, 2.45) is 0 Å². The minimum absolute atomic E-state index is 0.0625. The van der Waals surface area contributed by atoms with Crippen LogP contribution in [-0.4, -0.2) is 65.7 Å². The zero-order chi connectivity index (χ0) is 41.9. The topological polar surface area (TPSA) is 149 Å². The van der Waals surface area contributed by atoms with Crippen LogP contribution in [0.4, 0.5) is 0 Å². The number of unbranched alkanes of at least 4 members (excludes halogenated alkanes) is 8. The van der Waals surface area contributed by atoms with E-state index in [9.17, 15) is 24.2 Å². The zero-order valence-corrected chi connectivity index (χ0v) is 35.9. The summed E-state index contributed by atoms with van der Waals surface area (Å²) in [5, 5.41) is 18.3. The summed E-state index contributed by atoms with van der Waals surface area (Å²) in [7, 11) is -4.65. The molecule has 2 unspecified atom stereocenters. The number of aliphatic hydroxyl groups is 2. The van der Waals surface area contributed by atoms with Gasteiger partial charge in [0.25, 0.3) is 0 Å². The first-order valence-corrected chi connectivity index (χ1v) is 22.7. The number of allylic oxidation sites excluding steroid dienone is 16. The molecule has 0 amide bonds. The lowest BCUT2D eigenvalue weighted by Crippen LogP contribution is -2.29. The molecule has 0 aliphatic heterocycles. The minimum Gasteiger partial charge on any atom is -0.462 e. The van der Waals surface area contributed by atoms with Crippen LogP contribution in [0.15, 0.2) is 97.2 Å². The Morgan fingerprint density at radius 2 is 1.00 bits per heavy atom. The van der Waals surface area contributed by atoms with Crippen molar-refractivity contribution >= 4 is 19.8 Å². The molecule has 0 aliphatic carbocycles. The van der Waals surface area contributed by atoms with Crippen molar-refractivity contribution in [1.82, 2.24) is 0 Å². The first kappa shape index (κ1) is 53.9. The number of phosphoric acid groups is 1. The summed E-state index contributed by atoms with van der Waals surface area (Å²) in [5.74, 6) is -1.07. The molecule has 0 heterocycles. The maximum atomic E-state index is 12.5. The van der Waals surface area contributed by atoms with Crippen LogP contribution in [0.5, 0.6) is 0 Å². The number of hydrogen-bond acceptors (Lipinski definition) is 9. The highest BCUT2D eigenvalue weighted by Crippen LogP contribution is 2.43. The van der Waals surface area contributed by atoms with E-state index in [1.807, 2.05) is 12.2 Å². The van der Waals surface area contributed by atoms with Crippen LogP contribution in [-0.2, 0) is 32.7 Å². The molecule has 0 aromatic rings. The number of hydrogen-bond donors (Lipinski definition) is 3. The Balaban J connectivity index is 4.46. The highest BCUT2D eigenvalue weighted by atomic mass is 31.2. The van der Waals surface area contributed by atoms with Crippen LogP contribution in [0.1, 0.15) is 142 Å². The van der Waals surface area contributed by atoms with Crippen LogP contribution in [0, 0.1) is 0 Å². The van der Waals surface area contributed by atoms with Gasteiger partial charge in [0.15, 0.2) is 6.10 Å². The van der Waals surface area contributed by atoms with Gasteiger partial charge in [-0.1, -0.05) is 143 Å². The molecule has 0 spiro atoms. The summed E-state index contributed by atoms with van der Waals surface area (Å²) in [6.45, 7) is 2.11. The Hall–Kier alpha value is -3.11. The van der Waals surface area contributed by atoms with Gasteiger partial charge in [-0.05, 0) is 83.5 Å². The SMILES string of the molecule is CC/C=C/C/C=C/C/C=C/C/C=C/C/C=C/C/C=C/CCCCC(=O)OCC(COP(=O)(O)OC[C@H](O)CO)OC(=O)CC/C=C/C/C=C/CCCCCCCC. The predicted octanol–water partition coefficient (Wildman–Crippen LogP) is 11.2. The third-order valence-corrected chi connectivity index (χ3v) is 9.19. The van der Waals surface area contributed by atoms with E-state index in [0.29, 0.717) is 12.8 Å². The van der Waals surface area contributed by atoms with E-state index in [2.05, 4.69) is 103 Å². The van der Waals surface area contributed by atoms with Crippen molar-refractivity contribution in [1.29, 1.82) is 0 Å². The Morgan fingerprint density at radius 3 is 1.53 bits per heavy atom. The third kappa shape index (κ3) is 40.9. The van der Waals surface area contributed by atoms with Gasteiger partial charge >= 0.3 is 19.8 Å². The normalized spacial score (nSPS) is 14.8. The highest BCUT2D eigenvalue weighted by molar-refractivity contribution is 7.47. The maximum Gasteiger partial charge on any atom is 0.472 e. The number of rotatable bonds is 38. The fourth-order valence-corrected chi connectivity index (χ4v) is 5.78. The molecule has 0 aromatic heterocycles. The Kier molecular flexibility index (Phi) is 38.8. The van der Waals surface area contributed by atoms with Crippen molar-refractivity contribution in [3.8, 4) is 0 Å². The first-order chi connectivity index (χ1) is 27.7. The van der Waals surface area contributed by atoms with Gasteiger partial charge in [-0.25, -0.2) is 4.57 Å². The van der Waals surface area contributed by atoms with Crippen LogP contribution in [0.3, 0.4) is 0 Å². The fourth-order valence-electron chi connectivity index (χ4n) is 4.99. The Labute approximate surface area is 344 Å². The minimum atomic E-state index is -4.65. The molecule has 0 saturated heterocycles. The van der Waals surface area contributed by atoms with E-state index in [0.717, 1.165) is 64.2 Å². The number of phosphoric ester groups is 1. The number of carbonyl (C=O) groups is 2. The molecule has 10 nitrogen and oxygen atoms in total. The standard InChI is InChI=1S/C46H75O10P/c1-3-5-7-9-11-13-15-17-18-19-20-21-22-23-24-26-27-29-31-33-35-37-45(49)53-41-44(42-55-57(51,52)54-40-43(48)39-47)56-46(50)38-36-34-32-30-28-25-16-14-12-10-8-6-4-2/h5,7,11,13,17-18,20-21,23-25,27-29,32,34,43-44,47-48H,3-4,6,8-10,12,14-16,19,22,26,30-31,33,35-42H2,1-2H3,(H,51,52)/b7-5+,13-11+,18-17+,21-20+,24-23+,28-25+,29-27+,34-32+/t43-,44?/m1/s1. The largest absolute Gasteiger partial charge is 0.472 e. The number of esters is 2. The molecule has 324 valence electrons. The molecule has 0 aromatic carbocycles. The van der Waals surface area contributed by atoms with Crippen molar-refractivity contribution in [2.45, 2.75) is 154 Å². The molecule has 0 radical (unpaired) electrons. The van der Waals surface area contributed by atoms with Crippen LogP contribution >= 0.6 is 7.82 Å². The summed E-state index contributed by atoms with van der Waals surface area (Å²) in [5.41, 5.74) is 0. The number of carbonyl (C=O) groups excluding carboxylic acids is 2. The quantitative estimate of drug-likeness (QED) is 0.0238. The van der Waals surface area contributed by atoms with Crippen molar-refractivity contribution in [3.63, 3.8) is 0 Å². The maximum absolute atomic E-state index is 12.5. The van der Waals surface area contributed by atoms with Gasteiger partial charge in [-0.2, -0.15) is 0 Å². The van der Waals surface area contributed by atoms with Crippen LogP contribution in [0.25, 0.3) is 0 Å². The lowest BCUT2D eigenvalue weighted by Gasteiger charge is -2.20. The van der Waals surface area contributed by atoms with Gasteiger partial charge < -0.3 is 24.6 Å². The zero-order valence-electron chi connectivity index (χ0n) is 35.0. The lowest BCUT2D eigenvalue weighted by molar-refractivity contribution is -0.161. The lowest BCUT2D eigenvalue weighted by atomic mass is 10.1. The Morgan fingerprint density at radius 1 is 0.544 bits per heavy atom. The molecule has 3 N–H and O–H groups in total. The molecule has 0 fully saturated rings. The van der Waals surface area contributed by atoms with E-state index >= 15 is 0 Å². The van der Waals surface area contributed by atoms with Gasteiger partial charge in [0.2, 0.25) is 0 Å². The van der Waals surface area contributed by atoms with E-state index in [1.54, 1.807) is 0 Å². The number of aliphatic hydroxyl groups excluding tert-OH is 2. The monoisotopic (exact) mass is 819 g/mol. The molecule has 0 saturated carbocycles. The second kappa shape index (κ2) is 41.1. The van der Waals surface area contributed by atoms with Crippen molar-refractivity contribution in [2.75, 3.05) is 26.4 Å².